The molecule has 0 unspecified atom stereocenters. The predicted octanol–water partition coefficient (Wildman–Crippen LogP) is 13.6. The Labute approximate surface area is 367 Å². The van der Waals surface area contributed by atoms with Gasteiger partial charge in [0.05, 0.1) is 11.1 Å². The molecule has 7 rings (SSSR count). The molecule has 0 amide bonds. The summed E-state index contributed by atoms with van der Waals surface area (Å²) in [5.41, 5.74) is 14.9. The summed E-state index contributed by atoms with van der Waals surface area (Å²) in [6.45, 7) is 25.3. The molecule has 6 aromatic carbocycles. The summed E-state index contributed by atoms with van der Waals surface area (Å²) in [5.74, 6) is 2.70. The van der Waals surface area contributed by atoms with E-state index in [1.165, 1.54) is 17.5 Å². The lowest BCUT2D eigenvalue weighted by Crippen LogP contribution is -2.14. The van der Waals surface area contributed by atoms with Crippen molar-refractivity contribution in [2.75, 3.05) is 0 Å². The number of rotatable bonds is 10. The van der Waals surface area contributed by atoms with Crippen molar-refractivity contribution < 1.29 is 19.7 Å². The molecule has 0 spiro atoms. The molecule has 1 heterocycles. The van der Waals surface area contributed by atoms with E-state index >= 15 is 0 Å². The molecule has 0 bridgehead atoms. The average molecular weight is 826 g/mol. The zero-order chi connectivity index (χ0) is 44.7. The number of phenolic OH excluding ortho intramolecular Hbond substituents is 2. The number of hydrogen-bond donors (Lipinski definition) is 2. The van der Waals surface area contributed by atoms with Crippen LogP contribution in [0.3, 0.4) is 0 Å². The second-order valence-corrected chi connectivity index (χ2v) is 18.8. The van der Waals surface area contributed by atoms with E-state index < -0.39 is 0 Å². The van der Waals surface area contributed by atoms with E-state index in [1.807, 2.05) is 38.1 Å². The molecule has 7 aromatic rings. The average Bonchev–Trinajstić information content (AvgIpc) is 3.23. The summed E-state index contributed by atoms with van der Waals surface area (Å²) in [7, 11) is 0. The highest BCUT2D eigenvalue weighted by molar-refractivity contribution is 5.77. The van der Waals surface area contributed by atoms with Crippen molar-refractivity contribution in [3.8, 4) is 68.0 Å². The quantitative estimate of drug-likeness (QED) is 0.142. The highest BCUT2D eigenvalue weighted by atomic mass is 16.5. The molecule has 0 aliphatic carbocycles. The Kier molecular flexibility index (Phi) is 12.0. The molecule has 0 atom stereocenters. The van der Waals surface area contributed by atoms with Crippen LogP contribution in [0.2, 0.25) is 0 Å². The molecule has 0 radical (unpaired) electrons. The summed E-state index contributed by atoms with van der Waals surface area (Å²) >= 11 is 0. The van der Waals surface area contributed by atoms with Crippen molar-refractivity contribution in [1.29, 1.82) is 0 Å². The van der Waals surface area contributed by atoms with Gasteiger partial charge in [0.15, 0.2) is 11.6 Å². The number of benzene rings is 6. The number of ether oxygens (including phenoxy) is 2. The van der Waals surface area contributed by atoms with Gasteiger partial charge >= 0.3 is 0 Å². The van der Waals surface area contributed by atoms with Crippen LogP contribution in [0.5, 0.6) is 23.0 Å². The first-order valence-corrected chi connectivity index (χ1v) is 21.3. The molecular weight excluding hydrogens is 767 g/mol. The minimum atomic E-state index is -0.213. The van der Waals surface area contributed by atoms with Crippen molar-refractivity contribution in [2.45, 2.75) is 107 Å². The van der Waals surface area contributed by atoms with Crippen LogP contribution >= 0.6 is 0 Å². The molecule has 0 aliphatic heterocycles. The molecular formula is C55H59N3O4. The smallest absolute Gasteiger partial charge is 0.167 e. The lowest BCUT2D eigenvalue weighted by Gasteiger charge is -2.24. The van der Waals surface area contributed by atoms with Crippen molar-refractivity contribution >= 4 is 0 Å². The predicted molar refractivity (Wildman–Crippen MR) is 252 cm³/mol. The fourth-order valence-corrected chi connectivity index (χ4v) is 7.97. The van der Waals surface area contributed by atoms with Crippen LogP contribution < -0.4 is 9.47 Å². The third kappa shape index (κ3) is 9.08. The van der Waals surface area contributed by atoms with E-state index in [9.17, 15) is 10.2 Å². The number of phenols is 2. The third-order valence-corrected chi connectivity index (χ3v) is 11.9. The fourth-order valence-electron chi connectivity index (χ4n) is 7.97. The van der Waals surface area contributed by atoms with Crippen LogP contribution in [-0.4, -0.2) is 25.2 Å². The van der Waals surface area contributed by atoms with Crippen molar-refractivity contribution in [1.82, 2.24) is 15.0 Å². The summed E-state index contributed by atoms with van der Waals surface area (Å²) in [5, 5.41) is 22.6. The number of aromatic nitrogens is 3. The Bertz CT molecular complexity index is 2590. The highest BCUT2D eigenvalue weighted by Crippen LogP contribution is 2.41. The van der Waals surface area contributed by atoms with Crippen LogP contribution in [0, 0.1) is 41.5 Å². The van der Waals surface area contributed by atoms with Gasteiger partial charge in [-0.25, -0.2) is 15.0 Å². The van der Waals surface area contributed by atoms with Crippen LogP contribution in [0.25, 0.3) is 45.0 Å². The van der Waals surface area contributed by atoms with E-state index in [-0.39, 0.29) is 24.0 Å². The number of aryl methyl sites for hydroxylation is 4. The van der Waals surface area contributed by atoms with Gasteiger partial charge in [0, 0.05) is 0 Å². The Morgan fingerprint density at radius 1 is 0.468 bits per heavy atom. The molecule has 2 N–H and O–H groups in total. The summed E-state index contributed by atoms with van der Waals surface area (Å²) in [4.78, 5) is 14.5. The summed E-state index contributed by atoms with van der Waals surface area (Å²) in [6, 6.07) is 33.2. The molecule has 7 nitrogen and oxygen atoms in total. The standard InChI is InChI=1S/C55H59N3O4/c1-32-13-17-38(18-14-32)40-21-23-42(48(27-40)61-29-44-34(3)25-46(54(7,8)9)50(59)36(44)5)52-56-31-57-53(58-52)43-24-22-41(39-19-15-33(2)16-20-39)28-49(43)62-30-45-35(4)26-47(55(10,11)12)51(60)37(45)6/h13-28,31,59-60H,29-30H2,1-12H3. The first-order valence-electron chi connectivity index (χ1n) is 21.3. The lowest BCUT2D eigenvalue weighted by molar-refractivity contribution is 0.304. The topological polar surface area (TPSA) is 97.6 Å². The zero-order valence-corrected chi connectivity index (χ0v) is 38.3. The summed E-state index contributed by atoms with van der Waals surface area (Å²) < 4.78 is 13.5. The molecule has 0 aliphatic rings. The van der Waals surface area contributed by atoms with Gasteiger partial charge in [0.25, 0.3) is 0 Å². The molecule has 7 heteroatoms. The maximum absolute atomic E-state index is 11.3. The monoisotopic (exact) mass is 825 g/mol. The van der Waals surface area contributed by atoms with Gasteiger partial charge in [-0.05, 0) is 143 Å². The largest absolute Gasteiger partial charge is 0.507 e. The van der Waals surface area contributed by atoms with Crippen molar-refractivity contribution in [3.05, 3.63) is 159 Å². The minimum Gasteiger partial charge on any atom is -0.507 e. The van der Waals surface area contributed by atoms with Gasteiger partial charge in [0.2, 0.25) is 0 Å². The van der Waals surface area contributed by atoms with Gasteiger partial charge in [0.1, 0.15) is 42.5 Å². The molecule has 0 saturated heterocycles. The molecule has 318 valence electrons. The molecule has 1 aromatic heterocycles. The molecule has 0 saturated carbocycles. The Morgan fingerprint density at radius 2 is 0.823 bits per heavy atom. The van der Waals surface area contributed by atoms with E-state index in [1.54, 1.807) is 0 Å². The van der Waals surface area contributed by atoms with E-state index in [0.717, 1.165) is 66.8 Å². The molecule has 62 heavy (non-hydrogen) atoms. The second kappa shape index (κ2) is 17.1. The minimum absolute atomic E-state index is 0.213. The summed E-state index contributed by atoms with van der Waals surface area (Å²) in [6.07, 6.45) is 1.53. The number of nitrogens with zero attached hydrogens (tertiary/aromatic N) is 3. The first-order chi connectivity index (χ1) is 29.3. The Hall–Kier alpha value is -6.47. The zero-order valence-electron chi connectivity index (χ0n) is 38.3. The van der Waals surface area contributed by atoms with Crippen LogP contribution in [0.1, 0.15) is 97.2 Å². The fraction of sp³-hybridized carbons (Fsp3) is 0.291. The van der Waals surface area contributed by atoms with E-state index in [0.29, 0.717) is 45.8 Å². The number of aromatic hydroxyl groups is 2. The normalized spacial score (nSPS) is 11.8. The van der Waals surface area contributed by atoms with E-state index in [4.69, 9.17) is 24.4 Å². The van der Waals surface area contributed by atoms with Gasteiger partial charge in [-0.3, -0.25) is 0 Å². The maximum atomic E-state index is 11.3. The first kappa shape index (κ1) is 43.6. The van der Waals surface area contributed by atoms with Gasteiger partial charge in [-0.2, -0.15) is 0 Å². The lowest BCUT2D eigenvalue weighted by atomic mass is 9.83. The Morgan fingerprint density at radius 3 is 1.18 bits per heavy atom. The van der Waals surface area contributed by atoms with Crippen LogP contribution in [0.15, 0.2) is 103 Å². The number of hydrogen-bond acceptors (Lipinski definition) is 7. The second-order valence-electron chi connectivity index (χ2n) is 18.8. The van der Waals surface area contributed by atoms with Gasteiger partial charge in [-0.1, -0.05) is 125 Å². The maximum Gasteiger partial charge on any atom is 0.167 e. The Balaban J connectivity index is 1.30. The van der Waals surface area contributed by atoms with Crippen LogP contribution in [-0.2, 0) is 24.0 Å². The molecule has 0 fully saturated rings. The van der Waals surface area contributed by atoms with Crippen molar-refractivity contribution in [2.24, 2.45) is 0 Å². The van der Waals surface area contributed by atoms with Crippen LogP contribution in [0.4, 0.5) is 0 Å². The van der Waals surface area contributed by atoms with Crippen molar-refractivity contribution in [3.63, 3.8) is 0 Å². The third-order valence-electron chi connectivity index (χ3n) is 11.9. The highest BCUT2D eigenvalue weighted by Gasteiger charge is 2.25. The van der Waals surface area contributed by atoms with Gasteiger partial charge < -0.3 is 19.7 Å². The van der Waals surface area contributed by atoms with E-state index in [2.05, 4.69) is 142 Å². The SMILES string of the molecule is Cc1ccc(-c2ccc(-c3ncnc(-c4ccc(-c5ccc(C)cc5)cc4OCc4c(C)cc(C(C)(C)C)c(O)c4C)n3)c(OCc3c(C)cc(C(C)(C)C)c(O)c3C)c2)cc1. The van der Waals surface area contributed by atoms with Gasteiger partial charge in [-0.15, -0.1) is 0 Å².